The van der Waals surface area contributed by atoms with Crippen LogP contribution in [0.1, 0.15) is 45.5 Å². The molecule has 0 aromatic heterocycles. The topological polar surface area (TPSA) is 78.5 Å². The van der Waals surface area contributed by atoms with Gasteiger partial charge in [-0.3, -0.25) is 14.4 Å². The summed E-state index contributed by atoms with van der Waals surface area (Å²) in [6.07, 6.45) is 2.52. The molecular formula is C27H31N3O3S. The molecular weight excluding hydrogens is 446 g/mol. The number of carbonyl (C=O) groups excluding carboxylic acids is 1. The fraction of sp³-hybridized carbons (Fsp3) is 0.296. The molecule has 178 valence electrons. The number of likely N-dealkylation sites (tertiary alicyclic amines) is 1. The van der Waals surface area contributed by atoms with E-state index in [9.17, 15) is 13.2 Å². The predicted octanol–water partition coefficient (Wildman–Crippen LogP) is 4.63. The molecule has 1 saturated heterocycles. The molecule has 7 heteroatoms. The first kappa shape index (κ1) is 24.0. The summed E-state index contributed by atoms with van der Waals surface area (Å²) >= 11 is 0. The van der Waals surface area contributed by atoms with E-state index >= 15 is 0 Å². The van der Waals surface area contributed by atoms with Gasteiger partial charge in [-0.15, -0.1) is 0 Å². The standard InChI is InChI=1S/C27H31N3O3S/c1-20-11-13-24(14-12-20)34(32,33)29-26-10-6-9-25(21(26)2)27(31)28-18-22-7-5-8-23(17-22)19-30-15-3-4-16-30/h5-14,17,29H,3-4,15-16,18-19H2,1-2H3,(H,28,31). The highest BCUT2D eigenvalue weighted by Gasteiger charge is 2.18. The van der Waals surface area contributed by atoms with Gasteiger partial charge in [0.2, 0.25) is 0 Å². The van der Waals surface area contributed by atoms with Crippen molar-refractivity contribution in [1.82, 2.24) is 10.2 Å². The first-order chi connectivity index (χ1) is 16.3. The smallest absolute Gasteiger partial charge is 0.261 e. The SMILES string of the molecule is Cc1ccc(S(=O)(=O)Nc2cccc(C(=O)NCc3cccc(CN4CCCC4)c3)c2C)cc1. The molecule has 0 atom stereocenters. The van der Waals surface area contributed by atoms with Crippen LogP contribution in [-0.2, 0) is 23.1 Å². The van der Waals surface area contributed by atoms with Crippen molar-refractivity contribution in [3.8, 4) is 0 Å². The summed E-state index contributed by atoms with van der Waals surface area (Å²) in [4.78, 5) is 15.6. The Hall–Kier alpha value is -3.16. The summed E-state index contributed by atoms with van der Waals surface area (Å²) in [5.74, 6) is -0.237. The molecule has 3 aromatic rings. The predicted molar refractivity (Wildman–Crippen MR) is 135 cm³/mol. The summed E-state index contributed by atoms with van der Waals surface area (Å²) in [5, 5.41) is 2.98. The van der Waals surface area contributed by atoms with E-state index in [-0.39, 0.29) is 10.8 Å². The number of sulfonamides is 1. The Morgan fingerprint density at radius 1 is 0.912 bits per heavy atom. The van der Waals surface area contributed by atoms with Crippen molar-refractivity contribution >= 4 is 21.6 Å². The zero-order chi connectivity index (χ0) is 24.1. The summed E-state index contributed by atoms with van der Waals surface area (Å²) in [6, 6.07) is 20.0. The van der Waals surface area contributed by atoms with E-state index < -0.39 is 10.0 Å². The van der Waals surface area contributed by atoms with Gasteiger partial charge in [-0.2, -0.15) is 0 Å². The van der Waals surface area contributed by atoms with Crippen LogP contribution in [0.2, 0.25) is 0 Å². The molecule has 0 saturated carbocycles. The minimum absolute atomic E-state index is 0.182. The maximum absolute atomic E-state index is 12.9. The van der Waals surface area contributed by atoms with E-state index in [1.165, 1.54) is 18.4 Å². The molecule has 2 N–H and O–H groups in total. The molecule has 1 amide bonds. The number of nitrogens with zero attached hydrogens (tertiary/aromatic N) is 1. The third-order valence-electron chi connectivity index (χ3n) is 6.20. The zero-order valence-corrected chi connectivity index (χ0v) is 20.5. The molecule has 0 radical (unpaired) electrons. The quantitative estimate of drug-likeness (QED) is 0.496. The fourth-order valence-electron chi connectivity index (χ4n) is 4.23. The average Bonchev–Trinajstić information content (AvgIpc) is 3.32. The lowest BCUT2D eigenvalue weighted by molar-refractivity contribution is 0.0950. The lowest BCUT2D eigenvalue weighted by Gasteiger charge is -2.16. The van der Waals surface area contributed by atoms with Gasteiger partial charge in [0.05, 0.1) is 10.6 Å². The lowest BCUT2D eigenvalue weighted by Crippen LogP contribution is -2.24. The van der Waals surface area contributed by atoms with Crippen molar-refractivity contribution in [1.29, 1.82) is 0 Å². The van der Waals surface area contributed by atoms with Gasteiger partial charge < -0.3 is 5.32 Å². The number of hydrogen-bond donors (Lipinski definition) is 2. The van der Waals surface area contributed by atoms with Gasteiger partial charge in [-0.25, -0.2) is 8.42 Å². The van der Waals surface area contributed by atoms with Crippen LogP contribution in [-0.4, -0.2) is 32.3 Å². The Balaban J connectivity index is 1.43. The van der Waals surface area contributed by atoms with Crippen LogP contribution in [0.25, 0.3) is 0 Å². The molecule has 3 aromatic carbocycles. The lowest BCUT2D eigenvalue weighted by atomic mass is 10.1. The summed E-state index contributed by atoms with van der Waals surface area (Å²) < 4.78 is 28.2. The number of hydrogen-bond acceptors (Lipinski definition) is 4. The zero-order valence-electron chi connectivity index (χ0n) is 19.7. The van der Waals surface area contributed by atoms with Gasteiger partial charge in [-0.05, 0) is 80.7 Å². The van der Waals surface area contributed by atoms with Gasteiger partial charge in [0.1, 0.15) is 0 Å². The van der Waals surface area contributed by atoms with Crippen molar-refractivity contribution in [3.63, 3.8) is 0 Å². The van der Waals surface area contributed by atoms with Crippen LogP contribution in [0.5, 0.6) is 0 Å². The van der Waals surface area contributed by atoms with Gasteiger partial charge >= 0.3 is 0 Å². The average molecular weight is 478 g/mol. The maximum Gasteiger partial charge on any atom is 0.261 e. The number of anilines is 1. The van der Waals surface area contributed by atoms with Crippen LogP contribution >= 0.6 is 0 Å². The number of amides is 1. The number of aryl methyl sites for hydroxylation is 1. The minimum atomic E-state index is -3.75. The molecule has 0 aliphatic carbocycles. The molecule has 0 spiro atoms. The van der Waals surface area contributed by atoms with Crippen molar-refractivity contribution in [3.05, 3.63) is 94.5 Å². The third kappa shape index (κ3) is 5.85. The summed E-state index contributed by atoms with van der Waals surface area (Å²) in [7, 11) is -3.75. The van der Waals surface area contributed by atoms with Crippen LogP contribution in [0, 0.1) is 13.8 Å². The van der Waals surface area contributed by atoms with E-state index in [0.29, 0.717) is 23.4 Å². The number of rotatable bonds is 8. The Kier molecular flexibility index (Phi) is 7.34. The molecule has 0 bridgehead atoms. The van der Waals surface area contributed by atoms with Gasteiger partial charge in [0.25, 0.3) is 15.9 Å². The molecule has 0 unspecified atom stereocenters. The molecule has 1 aliphatic rings. The first-order valence-corrected chi connectivity index (χ1v) is 13.1. The summed E-state index contributed by atoms with van der Waals surface area (Å²) in [5.41, 5.74) is 4.68. The Labute approximate surface area is 202 Å². The van der Waals surface area contributed by atoms with E-state index in [4.69, 9.17) is 0 Å². The van der Waals surface area contributed by atoms with Crippen molar-refractivity contribution < 1.29 is 13.2 Å². The number of carbonyl (C=O) groups is 1. The highest BCUT2D eigenvalue weighted by Crippen LogP contribution is 2.23. The van der Waals surface area contributed by atoms with Crippen molar-refractivity contribution in [2.75, 3.05) is 17.8 Å². The highest BCUT2D eigenvalue weighted by molar-refractivity contribution is 7.92. The first-order valence-electron chi connectivity index (χ1n) is 11.6. The highest BCUT2D eigenvalue weighted by atomic mass is 32.2. The Morgan fingerprint density at radius 2 is 1.59 bits per heavy atom. The molecule has 1 fully saturated rings. The van der Waals surface area contributed by atoms with Crippen LogP contribution < -0.4 is 10.0 Å². The molecule has 1 heterocycles. The van der Waals surface area contributed by atoms with Gasteiger partial charge in [-0.1, -0.05) is 48.0 Å². The molecule has 1 aliphatic heterocycles. The van der Waals surface area contributed by atoms with E-state index in [1.807, 2.05) is 19.1 Å². The number of benzene rings is 3. The fourth-order valence-corrected chi connectivity index (χ4v) is 5.35. The van der Waals surface area contributed by atoms with Gasteiger partial charge in [0, 0.05) is 18.7 Å². The van der Waals surface area contributed by atoms with Crippen LogP contribution in [0.15, 0.2) is 71.6 Å². The molecule has 6 nitrogen and oxygen atoms in total. The third-order valence-corrected chi connectivity index (χ3v) is 7.58. The monoisotopic (exact) mass is 477 g/mol. The second-order valence-corrected chi connectivity index (χ2v) is 10.6. The van der Waals surface area contributed by atoms with Crippen LogP contribution in [0.3, 0.4) is 0 Å². The Morgan fingerprint density at radius 3 is 2.32 bits per heavy atom. The molecule has 34 heavy (non-hydrogen) atoms. The van der Waals surface area contributed by atoms with Crippen molar-refractivity contribution in [2.24, 2.45) is 0 Å². The largest absolute Gasteiger partial charge is 0.348 e. The number of nitrogens with one attached hydrogen (secondary N) is 2. The van der Waals surface area contributed by atoms with Gasteiger partial charge in [0.15, 0.2) is 0 Å². The molecule has 4 rings (SSSR count). The van der Waals surface area contributed by atoms with Crippen molar-refractivity contribution in [2.45, 2.75) is 44.7 Å². The summed E-state index contributed by atoms with van der Waals surface area (Å²) in [6.45, 7) is 7.28. The van der Waals surface area contributed by atoms with Crippen LogP contribution in [0.4, 0.5) is 5.69 Å². The second-order valence-electron chi connectivity index (χ2n) is 8.88. The maximum atomic E-state index is 12.9. The normalized spacial score (nSPS) is 14.2. The van der Waals surface area contributed by atoms with E-state index in [0.717, 1.165) is 30.8 Å². The Bertz CT molecular complexity index is 1260. The van der Waals surface area contributed by atoms with E-state index in [2.05, 4.69) is 27.1 Å². The minimum Gasteiger partial charge on any atom is -0.348 e. The second kappa shape index (κ2) is 10.4. The van der Waals surface area contributed by atoms with E-state index in [1.54, 1.807) is 49.4 Å².